The van der Waals surface area contributed by atoms with Gasteiger partial charge in [-0.25, -0.2) is 0 Å². The molecule has 1 aromatic heterocycles. The van der Waals surface area contributed by atoms with Crippen LogP contribution < -0.4 is 15.4 Å². The third-order valence-corrected chi connectivity index (χ3v) is 6.97. The lowest BCUT2D eigenvalue weighted by Gasteiger charge is -2.26. The number of piperidine rings is 1. The molecule has 6 nitrogen and oxygen atoms in total. The molecule has 0 unspecified atom stereocenters. The van der Waals surface area contributed by atoms with Crippen molar-refractivity contribution in [2.45, 2.75) is 38.5 Å². The number of benzene rings is 1. The number of ether oxygens (including phenoxy) is 1. The summed E-state index contributed by atoms with van der Waals surface area (Å²) in [6.45, 7) is 4.10. The average Bonchev–Trinajstić information content (AvgIpc) is 3.25. The van der Waals surface area contributed by atoms with Crippen molar-refractivity contribution in [2.75, 3.05) is 33.3 Å². The van der Waals surface area contributed by atoms with Crippen molar-refractivity contribution in [3.63, 3.8) is 0 Å². The van der Waals surface area contributed by atoms with Crippen molar-refractivity contribution in [3.05, 3.63) is 50.1 Å². The maximum atomic E-state index is 12.7. The average molecular weight is 507 g/mol. The smallest absolute Gasteiger partial charge is 0.259 e. The predicted molar refractivity (Wildman–Crippen MR) is 131 cm³/mol. The Bertz CT molecular complexity index is 880. The van der Waals surface area contributed by atoms with Crippen molar-refractivity contribution in [3.8, 4) is 5.75 Å². The van der Waals surface area contributed by atoms with Gasteiger partial charge in [0, 0.05) is 15.9 Å². The zero-order valence-electron chi connectivity index (χ0n) is 18.0. The van der Waals surface area contributed by atoms with Crippen molar-refractivity contribution >= 4 is 39.1 Å². The largest absolute Gasteiger partial charge is 0.496 e. The number of amides is 1. The molecule has 3 N–H and O–H groups in total. The Balaban J connectivity index is 1.45. The zero-order chi connectivity index (χ0) is 22.1. The molecule has 3 rings (SSSR count). The molecule has 1 amide bonds. The molecule has 168 valence electrons. The number of hydrogen-bond donors (Lipinski definition) is 3. The first-order chi connectivity index (χ1) is 15.1. The second-order valence-corrected chi connectivity index (χ2v) is 9.64. The molecule has 1 aliphatic rings. The van der Waals surface area contributed by atoms with Gasteiger partial charge in [0.2, 0.25) is 0 Å². The quantitative estimate of drug-likeness (QED) is 0.267. The number of carbonyl (C=O) groups is 1. The molecule has 31 heavy (non-hydrogen) atoms. The van der Waals surface area contributed by atoms with Gasteiger partial charge in [-0.3, -0.25) is 15.5 Å². The Kier molecular flexibility index (Phi) is 9.36. The van der Waals surface area contributed by atoms with E-state index in [-0.39, 0.29) is 11.9 Å². The number of carbonyl (C=O) groups excluding carboxylic acids is 1. The SMILES string of the molecule is COc1ccc(Br)cc1CCc1sccc1C(=O)NC(=N)NCCCN1CCCCC1. The lowest BCUT2D eigenvalue weighted by Crippen LogP contribution is -2.41. The van der Waals surface area contributed by atoms with Crippen molar-refractivity contribution in [2.24, 2.45) is 0 Å². The summed E-state index contributed by atoms with van der Waals surface area (Å²) in [6.07, 6.45) is 6.40. The van der Waals surface area contributed by atoms with Crippen molar-refractivity contribution < 1.29 is 9.53 Å². The van der Waals surface area contributed by atoms with Crippen LogP contribution in [-0.4, -0.2) is 50.1 Å². The molecule has 0 atom stereocenters. The minimum absolute atomic E-state index is 0.0643. The van der Waals surface area contributed by atoms with Gasteiger partial charge in [0.25, 0.3) is 5.91 Å². The molecule has 0 bridgehead atoms. The van der Waals surface area contributed by atoms with Crippen LogP contribution >= 0.6 is 27.3 Å². The number of nitrogens with zero attached hydrogens (tertiary/aromatic N) is 1. The molecule has 2 heterocycles. The number of halogens is 1. The van der Waals surface area contributed by atoms with Gasteiger partial charge in [-0.15, -0.1) is 11.3 Å². The monoisotopic (exact) mass is 506 g/mol. The number of guanidine groups is 1. The Morgan fingerprint density at radius 3 is 2.81 bits per heavy atom. The summed E-state index contributed by atoms with van der Waals surface area (Å²) in [4.78, 5) is 16.2. The first-order valence-corrected chi connectivity index (χ1v) is 12.5. The van der Waals surface area contributed by atoms with Crippen molar-refractivity contribution in [1.29, 1.82) is 5.41 Å². The Hall–Kier alpha value is -1.90. The molecule has 1 saturated heterocycles. The number of hydrogen-bond acceptors (Lipinski definition) is 5. The molecule has 0 radical (unpaired) electrons. The van der Waals surface area contributed by atoms with E-state index < -0.39 is 0 Å². The van der Waals surface area contributed by atoms with Gasteiger partial charge in [0.1, 0.15) is 5.75 Å². The van der Waals surface area contributed by atoms with Crippen LogP contribution in [0.4, 0.5) is 0 Å². The molecule has 1 fully saturated rings. The lowest BCUT2D eigenvalue weighted by molar-refractivity contribution is 0.0975. The second-order valence-electron chi connectivity index (χ2n) is 7.73. The first kappa shape index (κ1) is 23.8. The fourth-order valence-electron chi connectivity index (χ4n) is 3.85. The summed E-state index contributed by atoms with van der Waals surface area (Å²) in [6, 6.07) is 7.78. The van der Waals surface area contributed by atoms with Crippen LogP contribution in [0.3, 0.4) is 0 Å². The molecule has 0 saturated carbocycles. The summed E-state index contributed by atoms with van der Waals surface area (Å²) in [5.41, 5.74) is 1.73. The van der Waals surface area contributed by atoms with E-state index >= 15 is 0 Å². The summed E-state index contributed by atoms with van der Waals surface area (Å²) < 4.78 is 6.46. The van der Waals surface area contributed by atoms with E-state index in [1.807, 2.05) is 23.6 Å². The first-order valence-electron chi connectivity index (χ1n) is 10.8. The van der Waals surface area contributed by atoms with Crippen LogP contribution in [0.25, 0.3) is 0 Å². The minimum Gasteiger partial charge on any atom is -0.496 e. The number of nitrogens with one attached hydrogen (secondary N) is 3. The maximum Gasteiger partial charge on any atom is 0.259 e. The third-order valence-electron chi connectivity index (χ3n) is 5.49. The highest BCUT2D eigenvalue weighted by Gasteiger charge is 2.15. The zero-order valence-corrected chi connectivity index (χ0v) is 20.4. The lowest BCUT2D eigenvalue weighted by atomic mass is 10.1. The summed E-state index contributed by atoms with van der Waals surface area (Å²) >= 11 is 5.08. The number of thiophene rings is 1. The van der Waals surface area contributed by atoms with E-state index in [0.717, 1.165) is 46.5 Å². The van der Waals surface area contributed by atoms with Crippen LogP contribution in [-0.2, 0) is 12.8 Å². The van der Waals surface area contributed by atoms with Gasteiger partial charge in [0.15, 0.2) is 5.96 Å². The molecule has 1 aliphatic heterocycles. The van der Waals surface area contributed by atoms with E-state index in [2.05, 4.69) is 37.5 Å². The molecule has 8 heteroatoms. The van der Waals surface area contributed by atoms with Crippen LogP contribution in [0.1, 0.15) is 46.5 Å². The van der Waals surface area contributed by atoms with E-state index in [9.17, 15) is 4.79 Å². The fraction of sp³-hybridized carbons (Fsp3) is 0.478. The molecule has 0 spiro atoms. The Labute approximate surface area is 197 Å². The normalized spacial score (nSPS) is 14.3. The third kappa shape index (κ3) is 7.33. The standard InChI is InChI=1S/C23H31BrN4O2S/c1-30-20-8-7-18(24)16-17(20)6-9-21-19(10-15-31-21)22(29)27-23(25)26-11-5-14-28-12-3-2-4-13-28/h7-8,10,15-16H,2-6,9,11-14H2,1H3,(H3,25,26,27,29). The number of rotatable bonds is 9. The van der Waals surface area contributed by atoms with E-state index in [0.29, 0.717) is 12.1 Å². The van der Waals surface area contributed by atoms with Gasteiger partial charge < -0.3 is 15.0 Å². The number of methoxy groups -OCH3 is 1. The summed E-state index contributed by atoms with van der Waals surface area (Å²) in [7, 11) is 1.67. The van der Waals surface area contributed by atoms with E-state index in [1.54, 1.807) is 18.4 Å². The van der Waals surface area contributed by atoms with Gasteiger partial charge >= 0.3 is 0 Å². The van der Waals surface area contributed by atoms with E-state index in [4.69, 9.17) is 10.1 Å². The highest BCUT2D eigenvalue weighted by Crippen LogP contribution is 2.26. The van der Waals surface area contributed by atoms with E-state index in [1.165, 1.54) is 32.4 Å². The maximum absolute atomic E-state index is 12.7. The molecule has 2 aromatic rings. The Morgan fingerprint density at radius 1 is 1.23 bits per heavy atom. The molecular weight excluding hydrogens is 476 g/mol. The van der Waals surface area contributed by atoms with Crippen LogP contribution in [0.2, 0.25) is 0 Å². The highest BCUT2D eigenvalue weighted by molar-refractivity contribution is 9.10. The van der Waals surface area contributed by atoms with Crippen molar-refractivity contribution in [1.82, 2.24) is 15.5 Å². The summed E-state index contributed by atoms with van der Waals surface area (Å²) in [5.74, 6) is 0.682. The molecule has 0 aliphatic carbocycles. The van der Waals surface area contributed by atoms with Gasteiger partial charge in [-0.2, -0.15) is 0 Å². The molecular formula is C23H31BrN4O2S. The van der Waals surface area contributed by atoms with Crippen LogP contribution in [0, 0.1) is 5.41 Å². The number of aryl methyl sites for hydroxylation is 2. The fourth-order valence-corrected chi connectivity index (χ4v) is 5.14. The Morgan fingerprint density at radius 2 is 2.03 bits per heavy atom. The minimum atomic E-state index is -0.231. The highest BCUT2D eigenvalue weighted by atomic mass is 79.9. The number of likely N-dealkylation sites (tertiary alicyclic amines) is 1. The van der Waals surface area contributed by atoms with Gasteiger partial charge in [-0.1, -0.05) is 22.4 Å². The van der Waals surface area contributed by atoms with Crippen LogP contribution in [0.5, 0.6) is 5.75 Å². The summed E-state index contributed by atoms with van der Waals surface area (Å²) in [5, 5.41) is 15.7. The predicted octanol–water partition coefficient (Wildman–Crippen LogP) is 4.43. The van der Waals surface area contributed by atoms with Crippen LogP contribution in [0.15, 0.2) is 34.1 Å². The van der Waals surface area contributed by atoms with Gasteiger partial charge in [0.05, 0.1) is 12.7 Å². The topological polar surface area (TPSA) is 77.4 Å². The second kappa shape index (κ2) is 12.2. The van der Waals surface area contributed by atoms with Gasteiger partial charge in [-0.05, 0) is 86.9 Å². The molecule has 1 aromatic carbocycles.